The van der Waals surface area contributed by atoms with E-state index in [2.05, 4.69) is 15.9 Å². The Morgan fingerprint density at radius 2 is 1.95 bits per heavy atom. The monoisotopic (exact) mass is 348 g/mol. The molecule has 1 saturated heterocycles. The summed E-state index contributed by atoms with van der Waals surface area (Å²) in [7, 11) is -3.69. The number of halogens is 1. The van der Waals surface area contributed by atoms with E-state index in [0.717, 1.165) is 8.78 Å². The van der Waals surface area contributed by atoms with Gasteiger partial charge in [0.2, 0.25) is 10.0 Å². The second-order valence-corrected chi connectivity index (χ2v) is 7.36. The predicted octanol–water partition coefficient (Wildman–Crippen LogP) is 0.626. The minimum Gasteiger partial charge on any atom is -0.480 e. The van der Waals surface area contributed by atoms with Gasteiger partial charge in [0.25, 0.3) is 0 Å². The number of aliphatic carboxylic acids is 1. The lowest BCUT2D eigenvalue weighted by Crippen LogP contribution is -2.50. The van der Waals surface area contributed by atoms with Crippen molar-refractivity contribution < 1.29 is 18.3 Å². The fourth-order valence-corrected chi connectivity index (χ4v) is 3.71. The van der Waals surface area contributed by atoms with Crippen LogP contribution in [0, 0.1) is 0 Å². The number of carboxylic acid groups (broad SMARTS) is 1. The summed E-state index contributed by atoms with van der Waals surface area (Å²) >= 11 is 3.23. The third-order valence-electron chi connectivity index (χ3n) is 3.14. The van der Waals surface area contributed by atoms with Crippen LogP contribution in [0.15, 0.2) is 33.6 Å². The highest BCUT2D eigenvalue weighted by atomic mass is 79.9. The van der Waals surface area contributed by atoms with Crippen LogP contribution in [-0.2, 0) is 14.8 Å². The van der Waals surface area contributed by atoms with Crippen LogP contribution >= 0.6 is 15.9 Å². The zero-order valence-electron chi connectivity index (χ0n) is 9.91. The molecule has 0 saturated carbocycles. The SMILES string of the molecule is NC1(C(=O)O)CCN(S(=O)(=O)c2ccc(Br)cc2)C1. The Morgan fingerprint density at radius 1 is 1.37 bits per heavy atom. The molecule has 19 heavy (non-hydrogen) atoms. The smallest absolute Gasteiger partial charge is 0.325 e. The number of nitrogens with two attached hydrogens (primary N) is 1. The summed E-state index contributed by atoms with van der Waals surface area (Å²) in [6.45, 7) is -0.0953. The van der Waals surface area contributed by atoms with Gasteiger partial charge in [-0.05, 0) is 30.7 Å². The predicted molar refractivity (Wildman–Crippen MR) is 72.1 cm³/mol. The van der Waals surface area contributed by atoms with Gasteiger partial charge in [0.1, 0.15) is 5.54 Å². The van der Waals surface area contributed by atoms with Gasteiger partial charge >= 0.3 is 5.97 Å². The molecule has 1 fully saturated rings. The number of nitrogens with zero attached hydrogens (tertiary/aromatic N) is 1. The summed E-state index contributed by atoms with van der Waals surface area (Å²) in [6, 6.07) is 6.18. The van der Waals surface area contributed by atoms with Crippen molar-refractivity contribution in [1.82, 2.24) is 4.31 Å². The number of carbonyl (C=O) groups is 1. The maximum absolute atomic E-state index is 12.3. The van der Waals surface area contributed by atoms with E-state index in [1.165, 1.54) is 12.1 Å². The first-order valence-electron chi connectivity index (χ1n) is 5.54. The van der Waals surface area contributed by atoms with Crippen LogP contribution in [0.2, 0.25) is 0 Å². The van der Waals surface area contributed by atoms with E-state index < -0.39 is 21.5 Å². The first kappa shape index (κ1) is 14.4. The molecule has 1 aromatic carbocycles. The maximum atomic E-state index is 12.3. The lowest BCUT2D eigenvalue weighted by molar-refractivity contribution is -0.142. The summed E-state index contributed by atoms with van der Waals surface area (Å²) in [5, 5.41) is 9.01. The Labute approximate surface area is 119 Å². The van der Waals surface area contributed by atoms with Gasteiger partial charge < -0.3 is 10.8 Å². The molecular formula is C11H13BrN2O4S. The van der Waals surface area contributed by atoms with E-state index >= 15 is 0 Å². The van der Waals surface area contributed by atoms with Gasteiger partial charge in [-0.2, -0.15) is 4.31 Å². The number of sulfonamides is 1. The van der Waals surface area contributed by atoms with Crippen molar-refractivity contribution in [3.05, 3.63) is 28.7 Å². The lowest BCUT2D eigenvalue weighted by Gasteiger charge is -2.20. The van der Waals surface area contributed by atoms with Crippen LogP contribution in [0.4, 0.5) is 0 Å². The molecule has 1 unspecified atom stereocenters. The van der Waals surface area contributed by atoms with Crippen molar-refractivity contribution in [2.75, 3.05) is 13.1 Å². The highest BCUT2D eigenvalue weighted by Gasteiger charge is 2.45. The van der Waals surface area contributed by atoms with E-state index in [1.54, 1.807) is 12.1 Å². The number of hydrogen-bond donors (Lipinski definition) is 2. The number of benzene rings is 1. The zero-order chi connectivity index (χ0) is 14.3. The van der Waals surface area contributed by atoms with Crippen LogP contribution in [0.1, 0.15) is 6.42 Å². The van der Waals surface area contributed by atoms with Crippen molar-refractivity contribution in [1.29, 1.82) is 0 Å². The molecule has 1 atom stereocenters. The average molecular weight is 349 g/mol. The second-order valence-electron chi connectivity index (χ2n) is 4.50. The van der Waals surface area contributed by atoms with Gasteiger partial charge in [-0.1, -0.05) is 15.9 Å². The van der Waals surface area contributed by atoms with Crippen molar-refractivity contribution in [2.45, 2.75) is 16.9 Å². The average Bonchev–Trinajstić information content (AvgIpc) is 2.75. The zero-order valence-corrected chi connectivity index (χ0v) is 12.3. The Hall–Kier alpha value is -0.960. The summed E-state index contributed by atoms with van der Waals surface area (Å²) in [5.74, 6) is -1.18. The molecule has 8 heteroatoms. The summed E-state index contributed by atoms with van der Waals surface area (Å²) < 4.78 is 26.5. The molecule has 0 spiro atoms. The maximum Gasteiger partial charge on any atom is 0.325 e. The van der Waals surface area contributed by atoms with Gasteiger partial charge in [0.15, 0.2) is 0 Å². The molecule has 0 aromatic heterocycles. The normalized spacial score (nSPS) is 24.5. The molecule has 6 nitrogen and oxygen atoms in total. The van der Waals surface area contributed by atoms with E-state index in [-0.39, 0.29) is 24.4 Å². The number of carboxylic acids is 1. The minimum absolute atomic E-state index is 0.109. The standard InChI is InChI=1S/C11H13BrN2O4S/c12-8-1-3-9(4-2-8)19(17,18)14-6-5-11(13,7-14)10(15)16/h1-4H,5-7,13H2,(H,15,16). The molecule has 1 heterocycles. The van der Waals surface area contributed by atoms with Crippen molar-refractivity contribution in [2.24, 2.45) is 5.73 Å². The quantitative estimate of drug-likeness (QED) is 0.833. The van der Waals surface area contributed by atoms with Crippen LogP contribution < -0.4 is 5.73 Å². The number of hydrogen-bond acceptors (Lipinski definition) is 4. The summed E-state index contributed by atoms with van der Waals surface area (Å²) in [5.41, 5.74) is 4.18. The molecule has 0 aliphatic carbocycles. The van der Waals surface area contributed by atoms with Crippen molar-refractivity contribution in [3.63, 3.8) is 0 Å². The van der Waals surface area contributed by atoms with E-state index in [0.29, 0.717) is 0 Å². The fraction of sp³-hybridized carbons (Fsp3) is 0.364. The third-order valence-corrected chi connectivity index (χ3v) is 5.53. The summed E-state index contributed by atoms with van der Waals surface area (Å²) in [4.78, 5) is 11.2. The number of rotatable bonds is 3. The minimum atomic E-state index is -3.69. The van der Waals surface area contributed by atoms with Gasteiger partial charge in [-0.25, -0.2) is 8.42 Å². The van der Waals surface area contributed by atoms with Gasteiger partial charge in [-0.15, -0.1) is 0 Å². The molecule has 0 radical (unpaired) electrons. The first-order valence-corrected chi connectivity index (χ1v) is 7.77. The highest BCUT2D eigenvalue weighted by molar-refractivity contribution is 9.10. The van der Waals surface area contributed by atoms with Crippen LogP contribution in [0.3, 0.4) is 0 Å². The molecule has 3 N–H and O–H groups in total. The molecule has 0 amide bonds. The van der Waals surface area contributed by atoms with Gasteiger partial charge in [0.05, 0.1) is 4.90 Å². The van der Waals surface area contributed by atoms with Gasteiger partial charge in [-0.3, -0.25) is 4.79 Å². The molecular weight excluding hydrogens is 336 g/mol. The Morgan fingerprint density at radius 3 is 2.42 bits per heavy atom. The van der Waals surface area contributed by atoms with E-state index in [1.807, 2.05) is 0 Å². The Balaban J connectivity index is 2.28. The Kier molecular flexibility index (Phi) is 3.69. The lowest BCUT2D eigenvalue weighted by atomic mass is 10.0. The topological polar surface area (TPSA) is 101 Å². The fourth-order valence-electron chi connectivity index (χ4n) is 1.93. The van der Waals surface area contributed by atoms with Crippen molar-refractivity contribution >= 4 is 31.9 Å². The van der Waals surface area contributed by atoms with Crippen LogP contribution in [0.5, 0.6) is 0 Å². The van der Waals surface area contributed by atoms with E-state index in [4.69, 9.17) is 10.8 Å². The Bertz CT molecular complexity index is 602. The summed E-state index contributed by atoms with van der Waals surface area (Å²) in [6.07, 6.45) is 0.109. The molecule has 0 bridgehead atoms. The van der Waals surface area contributed by atoms with Crippen LogP contribution in [0.25, 0.3) is 0 Å². The second kappa shape index (κ2) is 4.86. The largest absolute Gasteiger partial charge is 0.480 e. The third kappa shape index (κ3) is 2.66. The van der Waals surface area contributed by atoms with Crippen LogP contribution in [-0.4, -0.2) is 42.4 Å². The molecule has 104 valence electrons. The molecule has 1 aliphatic heterocycles. The molecule has 1 aromatic rings. The van der Waals surface area contributed by atoms with E-state index in [9.17, 15) is 13.2 Å². The van der Waals surface area contributed by atoms with Crippen molar-refractivity contribution in [3.8, 4) is 0 Å². The van der Waals surface area contributed by atoms with Gasteiger partial charge in [0, 0.05) is 17.6 Å². The molecule has 2 rings (SSSR count). The first-order chi connectivity index (χ1) is 8.75. The highest BCUT2D eigenvalue weighted by Crippen LogP contribution is 2.26. The molecule has 1 aliphatic rings.